The van der Waals surface area contributed by atoms with E-state index in [-0.39, 0.29) is 6.61 Å². The van der Waals surface area contributed by atoms with Crippen LogP contribution in [0.3, 0.4) is 0 Å². The highest BCUT2D eigenvalue weighted by atomic mass is 16.6. The summed E-state index contributed by atoms with van der Waals surface area (Å²) in [6, 6.07) is 1.64. The van der Waals surface area contributed by atoms with E-state index in [2.05, 4.69) is 4.98 Å². The first-order valence-electron chi connectivity index (χ1n) is 6.26. The first-order chi connectivity index (χ1) is 9.67. The lowest BCUT2D eigenvalue weighted by molar-refractivity contribution is -0.0231. The fourth-order valence-electron chi connectivity index (χ4n) is 2.57. The van der Waals surface area contributed by atoms with Crippen LogP contribution < -0.4 is 5.73 Å². The van der Waals surface area contributed by atoms with Gasteiger partial charge in [-0.1, -0.05) is 0 Å². The number of nitrogens with zero attached hydrogens (tertiary/aromatic N) is 1. The number of hydrogen-bond donors (Lipinski definition) is 3. The third-order valence-electron chi connectivity index (χ3n) is 3.61. The summed E-state index contributed by atoms with van der Waals surface area (Å²) >= 11 is 0. The van der Waals surface area contributed by atoms with Crippen LogP contribution in [0.15, 0.2) is 22.9 Å². The number of nitrogen functional groups attached to an aromatic ring is 1. The smallest absolute Gasteiger partial charge is 0.175 e. The second-order valence-corrected chi connectivity index (χ2v) is 4.74. The second-order valence-electron chi connectivity index (χ2n) is 4.74. The van der Waals surface area contributed by atoms with Crippen molar-refractivity contribution in [1.29, 1.82) is 0 Å². The molecule has 0 saturated carbocycles. The lowest BCUT2D eigenvalue weighted by Gasteiger charge is -2.17. The molecule has 1 aliphatic heterocycles. The highest BCUT2D eigenvalue weighted by molar-refractivity contribution is 5.87. The number of fused-ring (bicyclic) bond motifs is 1. The largest absolute Gasteiger partial charge is 0.460 e. The number of aliphatic hydroxyl groups excluding tert-OH is 2. The number of hydrogen-bond acceptors (Lipinski definition) is 7. The van der Waals surface area contributed by atoms with Gasteiger partial charge in [-0.3, -0.25) is 4.98 Å². The SMILES string of the molecule is CO[C@@H]1[C@H](O)[C@@H](CO)O[C@H]1c1coc2c(N)ccnc12. The number of aromatic nitrogens is 1. The van der Waals surface area contributed by atoms with Crippen LogP contribution in [0.2, 0.25) is 0 Å². The summed E-state index contributed by atoms with van der Waals surface area (Å²) in [5.41, 5.74) is 7.99. The number of nitrogens with two attached hydrogens (primary N) is 1. The molecule has 7 nitrogen and oxygen atoms in total. The number of ether oxygens (including phenoxy) is 2. The number of anilines is 1. The average molecular weight is 280 g/mol. The molecule has 1 fully saturated rings. The van der Waals surface area contributed by atoms with Gasteiger partial charge in [-0.2, -0.15) is 0 Å². The van der Waals surface area contributed by atoms with E-state index in [1.165, 1.54) is 13.4 Å². The van der Waals surface area contributed by atoms with Crippen molar-refractivity contribution in [3.05, 3.63) is 24.1 Å². The number of rotatable bonds is 3. The van der Waals surface area contributed by atoms with Crippen molar-refractivity contribution < 1.29 is 24.1 Å². The molecule has 0 unspecified atom stereocenters. The van der Waals surface area contributed by atoms with Gasteiger partial charge in [0, 0.05) is 18.9 Å². The van der Waals surface area contributed by atoms with E-state index < -0.39 is 24.4 Å². The minimum Gasteiger partial charge on any atom is -0.460 e. The van der Waals surface area contributed by atoms with Gasteiger partial charge in [0.1, 0.15) is 29.9 Å². The lowest BCUT2D eigenvalue weighted by Crippen LogP contribution is -2.33. The summed E-state index contributed by atoms with van der Waals surface area (Å²) in [5.74, 6) is 0. The molecule has 7 heteroatoms. The maximum atomic E-state index is 10.1. The second kappa shape index (κ2) is 5.02. The standard InChI is InChI=1S/C13H16N2O5/c1-18-13-10(17)8(4-16)20-11(13)6-5-19-12-7(14)2-3-15-9(6)12/h2-3,5,8,10-11,13,16-17H,4H2,1H3,(H2,14,15)/t8-,10-,11+,13-/m1/s1. The van der Waals surface area contributed by atoms with Crippen molar-refractivity contribution in [2.24, 2.45) is 0 Å². The van der Waals surface area contributed by atoms with Gasteiger partial charge in [0.15, 0.2) is 5.58 Å². The zero-order chi connectivity index (χ0) is 14.3. The first-order valence-corrected chi connectivity index (χ1v) is 6.26. The Bertz CT molecular complexity index is 614. The van der Waals surface area contributed by atoms with Crippen LogP contribution in [0, 0.1) is 0 Å². The summed E-state index contributed by atoms with van der Waals surface area (Å²) < 4.78 is 16.4. The summed E-state index contributed by atoms with van der Waals surface area (Å²) in [6.07, 6.45) is 0.292. The van der Waals surface area contributed by atoms with Crippen molar-refractivity contribution in [3.63, 3.8) is 0 Å². The maximum absolute atomic E-state index is 10.1. The molecule has 3 rings (SSSR count). The lowest BCUT2D eigenvalue weighted by atomic mass is 10.0. The van der Waals surface area contributed by atoms with Crippen molar-refractivity contribution in [3.8, 4) is 0 Å². The molecule has 2 aromatic rings. The van der Waals surface area contributed by atoms with E-state index in [9.17, 15) is 10.2 Å². The molecule has 0 aliphatic carbocycles. The highest BCUT2D eigenvalue weighted by Crippen LogP contribution is 2.39. The third-order valence-corrected chi connectivity index (χ3v) is 3.61. The summed E-state index contributed by atoms with van der Waals surface area (Å²) in [5, 5.41) is 19.3. The van der Waals surface area contributed by atoms with Gasteiger partial charge in [-0.25, -0.2) is 0 Å². The van der Waals surface area contributed by atoms with E-state index >= 15 is 0 Å². The molecule has 4 N–H and O–H groups in total. The topological polar surface area (TPSA) is 111 Å². The van der Waals surface area contributed by atoms with Gasteiger partial charge >= 0.3 is 0 Å². The van der Waals surface area contributed by atoms with Crippen molar-refractivity contribution in [2.75, 3.05) is 19.5 Å². The molecule has 108 valence electrons. The predicted molar refractivity (Wildman–Crippen MR) is 69.9 cm³/mol. The van der Waals surface area contributed by atoms with Gasteiger partial charge in [0.2, 0.25) is 0 Å². The van der Waals surface area contributed by atoms with Crippen molar-refractivity contribution in [1.82, 2.24) is 4.98 Å². The van der Waals surface area contributed by atoms with Crippen LogP contribution in [-0.2, 0) is 9.47 Å². The Morgan fingerprint density at radius 2 is 2.30 bits per heavy atom. The Labute approximate surface area is 114 Å². The zero-order valence-electron chi connectivity index (χ0n) is 10.9. The molecule has 0 aromatic carbocycles. The summed E-state index contributed by atoms with van der Waals surface area (Å²) in [6.45, 7) is -0.289. The molecular weight excluding hydrogens is 264 g/mol. The normalized spacial score (nSPS) is 30.1. The van der Waals surface area contributed by atoms with E-state index in [0.717, 1.165) is 0 Å². The molecule has 3 heterocycles. The van der Waals surface area contributed by atoms with Crippen LogP contribution in [0.25, 0.3) is 11.1 Å². The predicted octanol–water partition coefficient (Wildman–Crippen LogP) is 0.218. The third kappa shape index (κ3) is 1.87. The number of methoxy groups -OCH3 is 1. The van der Waals surface area contributed by atoms with Crippen molar-refractivity contribution >= 4 is 16.8 Å². The quantitative estimate of drug-likeness (QED) is 0.737. The molecule has 0 radical (unpaired) electrons. The highest BCUT2D eigenvalue weighted by Gasteiger charge is 2.45. The van der Waals surface area contributed by atoms with E-state index in [1.54, 1.807) is 12.3 Å². The molecule has 0 spiro atoms. The Kier molecular flexibility index (Phi) is 3.35. The molecule has 2 aromatic heterocycles. The van der Waals surface area contributed by atoms with Crippen LogP contribution in [0.4, 0.5) is 5.69 Å². The number of pyridine rings is 1. The summed E-state index contributed by atoms with van der Waals surface area (Å²) in [4.78, 5) is 4.24. The Morgan fingerprint density at radius 3 is 3.00 bits per heavy atom. The molecule has 1 aliphatic rings. The van der Waals surface area contributed by atoms with Crippen molar-refractivity contribution in [2.45, 2.75) is 24.4 Å². The summed E-state index contributed by atoms with van der Waals surface area (Å²) in [7, 11) is 1.48. The zero-order valence-corrected chi connectivity index (χ0v) is 10.9. The minimum atomic E-state index is -0.916. The molecule has 20 heavy (non-hydrogen) atoms. The van der Waals surface area contributed by atoms with E-state index in [1.807, 2.05) is 0 Å². The Hall–Kier alpha value is -1.67. The molecule has 1 saturated heterocycles. The number of aliphatic hydroxyl groups is 2. The van der Waals surface area contributed by atoms with Crippen LogP contribution in [-0.4, -0.2) is 47.2 Å². The average Bonchev–Trinajstić information content (AvgIpc) is 3.00. The fraction of sp³-hybridized carbons (Fsp3) is 0.462. The van der Waals surface area contributed by atoms with Gasteiger partial charge in [-0.15, -0.1) is 0 Å². The first kappa shape index (κ1) is 13.3. The van der Waals surface area contributed by atoms with Gasteiger partial charge < -0.3 is 29.8 Å². The van der Waals surface area contributed by atoms with Crippen LogP contribution in [0.5, 0.6) is 0 Å². The van der Waals surface area contributed by atoms with Gasteiger partial charge in [-0.05, 0) is 6.07 Å². The Morgan fingerprint density at radius 1 is 1.50 bits per heavy atom. The monoisotopic (exact) mass is 280 g/mol. The number of furan rings is 1. The Balaban J connectivity index is 2.04. The van der Waals surface area contributed by atoms with E-state index in [0.29, 0.717) is 22.4 Å². The van der Waals surface area contributed by atoms with E-state index in [4.69, 9.17) is 19.6 Å². The van der Waals surface area contributed by atoms with Crippen LogP contribution >= 0.6 is 0 Å². The molecule has 0 amide bonds. The molecule has 4 atom stereocenters. The molecule has 0 bridgehead atoms. The van der Waals surface area contributed by atoms with Gasteiger partial charge in [0.05, 0.1) is 18.6 Å². The fourth-order valence-corrected chi connectivity index (χ4v) is 2.57. The minimum absolute atomic E-state index is 0.289. The van der Waals surface area contributed by atoms with Gasteiger partial charge in [0.25, 0.3) is 0 Å². The maximum Gasteiger partial charge on any atom is 0.175 e. The van der Waals surface area contributed by atoms with Crippen LogP contribution in [0.1, 0.15) is 11.7 Å². The molecular formula is C13H16N2O5.